The zero-order chi connectivity index (χ0) is 19.8. The van der Waals surface area contributed by atoms with Crippen LogP contribution in [0.25, 0.3) is 17.0 Å². The average Bonchev–Trinajstić information content (AvgIpc) is 3.33. The average molecular weight is 383 g/mol. The molecule has 8 heteroatoms. The van der Waals surface area contributed by atoms with Gasteiger partial charge in [-0.25, -0.2) is 14.5 Å². The second-order valence-electron chi connectivity index (χ2n) is 7.02. The first-order valence-corrected chi connectivity index (χ1v) is 9.37. The van der Waals surface area contributed by atoms with Gasteiger partial charge < -0.3 is 9.88 Å². The van der Waals surface area contributed by atoms with Crippen molar-refractivity contribution in [1.82, 2.24) is 24.1 Å². The lowest BCUT2D eigenvalue weighted by Crippen LogP contribution is -2.12. The summed E-state index contributed by atoms with van der Waals surface area (Å²) < 4.78 is 3.38. The maximum Gasteiger partial charge on any atom is 0.261 e. The molecule has 8 nitrogen and oxygen atoms in total. The number of aromatic nitrogens is 5. The van der Waals surface area contributed by atoms with Gasteiger partial charge in [-0.1, -0.05) is 12.1 Å². The summed E-state index contributed by atoms with van der Waals surface area (Å²) >= 11 is 0. The lowest BCUT2D eigenvalue weighted by atomic mass is 10.1. The maximum atomic E-state index is 12.9. The second kappa shape index (κ2) is 6.87. The number of fused-ring (bicyclic) bond motifs is 1. The van der Waals surface area contributed by atoms with E-state index in [0.717, 1.165) is 24.1 Å². The highest BCUT2D eigenvalue weighted by atomic mass is 16.1. The molecule has 142 valence electrons. The third-order valence-corrected chi connectivity index (χ3v) is 4.97. The summed E-state index contributed by atoms with van der Waals surface area (Å²) in [5.74, 6) is 0.909. The first-order valence-electron chi connectivity index (χ1n) is 9.37. The molecule has 1 saturated carbocycles. The summed E-state index contributed by atoms with van der Waals surface area (Å²) in [6.07, 6.45) is 9.09. The van der Waals surface area contributed by atoms with Crippen LogP contribution >= 0.6 is 0 Å². The first kappa shape index (κ1) is 17.1. The number of nitriles is 1. The quantitative estimate of drug-likeness (QED) is 0.570. The summed E-state index contributed by atoms with van der Waals surface area (Å²) in [6.45, 7) is 0.212. The van der Waals surface area contributed by atoms with Crippen molar-refractivity contribution >= 4 is 17.2 Å². The van der Waals surface area contributed by atoms with E-state index in [1.54, 1.807) is 21.5 Å². The monoisotopic (exact) mass is 383 g/mol. The van der Waals surface area contributed by atoms with Crippen LogP contribution in [0.5, 0.6) is 0 Å². The number of amides is 1. The molecule has 0 bridgehead atoms. The van der Waals surface area contributed by atoms with Crippen LogP contribution in [0.3, 0.4) is 0 Å². The van der Waals surface area contributed by atoms with E-state index in [1.165, 1.54) is 6.20 Å². The Labute approximate surface area is 166 Å². The van der Waals surface area contributed by atoms with Gasteiger partial charge in [-0.05, 0) is 31.0 Å². The van der Waals surface area contributed by atoms with Crippen molar-refractivity contribution in [3.63, 3.8) is 0 Å². The van der Waals surface area contributed by atoms with E-state index < -0.39 is 0 Å². The predicted octanol–water partition coefficient (Wildman–Crippen LogP) is 3.25. The molecule has 3 aromatic heterocycles. The molecule has 3 heterocycles. The number of anilines is 1. The number of nitrogens with zero attached hydrogens (tertiary/aromatic N) is 6. The fourth-order valence-electron chi connectivity index (χ4n) is 3.36. The van der Waals surface area contributed by atoms with Crippen molar-refractivity contribution < 1.29 is 4.79 Å². The van der Waals surface area contributed by atoms with Crippen molar-refractivity contribution in [3.8, 4) is 17.5 Å². The van der Waals surface area contributed by atoms with Crippen LogP contribution < -0.4 is 5.32 Å². The Morgan fingerprint density at radius 3 is 3.00 bits per heavy atom. The number of hydrogen-bond acceptors (Lipinski definition) is 5. The summed E-state index contributed by atoms with van der Waals surface area (Å²) in [6, 6.07) is 11.5. The van der Waals surface area contributed by atoms with Crippen molar-refractivity contribution in [3.05, 3.63) is 66.4 Å². The smallest absolute Gasteiger partial charge is 0.261 e. The summed E-state index contributed by atoms with van der Waals surface area (Å²) in [7, 11) is 0. The Bertz CT molecular complexity index is 1260. The molecule has 0 unspecified atom stereocenters. The van der Waals surface area contributed by atoms with Gasteiger partial charge in [-0.15, -0.1) is 0 Å². The van der Waals surface area contributed by atoms with Crippen LogP contribution in [0, 0.1) is 11.3 Å². The van der Waals surface area contributed by atoms with Gasteiger partial charge >= 0.3 is 0 Å². The van der Waals surface area contributed by atoms with Gasteiger partial charge in [0.2, 0.25) is 0 Å². The van der Waals surface area contributed by atoms with E-state index in [4.69, 9.17) is 5.26 Å². The third kappa shape index (κ3) is 3.23. The number of imidazole rings is 1. The largest absolute Gasteiger partial charge is 0.322 e. The van der Waals surface area contributed by atoms with Crippen LogP contribution in [0.2, 0.25) is 0 Å². The van der Waals surface area contributed by atoms with Gasteiger partial charge in [0.05, 0.1) is 12.3 Å². The van der Waals surface area contributed by atoms with Crippen molar-refractivity contribution in [2.24, 2.45) is 0 Å². The molecule has 5 rings (SSSR count). The van der Waals surface area contributed by atoms with Gasteiger partial charge in [-0.2, -0.15) is 10.4 Å². The van der Waals surface area contributed by atoms with Crippen LogP contribution in [0.4, 0.5) is 5.69 Å². The lowest BCUT2D eigenvalue weighted by Gasteiger charge is -2.08. The normalized spacial score (nSPS) is 13.3. The van der Waals surface area contributed by atoms with E-state index in [2.05, 4.69) is 26.5 Å². The summed E-state index contributed by atoms with van der Waals surface area (Å²) in [5, 5.41) is 16.1. The van der Waals surface area contributed by atoms with Crippen LogP contribution in [0.15, 0.2) is 55.1 Å². The van der Waals surface area contributed by atoms with Gasteiger partial charge in [0.15, 0.2) is 5.65 Å². The Kier molecular flexibility index (Phi) is 4.06. The molecular formula is C21H17N7O. The number of carbonyl (C=O) groups excluding carboxylic acids is 1. The van der Waals surface area contributed by atoms with E-state index in [0.29, 0.717) is 28.6 Å². The number of hydrogen-bond donors (Lipinski definition) is 1. The van der Waals surface area contributed by atoms with E-state index in [-0.39, 0.29) is 12.5 Å². The summed E-state index contributed by atoms with van der Waals surface area (Å²) in [4.78, 5) is 21.9. The van der Waals surface area contributed by atoms with E-state index in [9.17, 15) is 4.79 Å². The predicted molar refractivity (Wildman–Crippen MR) is 106 cm³/mol. The fraction of sp³-hybridized carbons (Fsp3) is 0.190. The zero-order valence-electron chi connectivity index (χ0n) is 15.5. The summed E-state index contributed by atoms with van der Waals surface area (Å²) in [5.41, 5.74) is 3.46. The topological polar surface area (TPSA) is 101 Å². The molecule has 1 aromatic carbocycles. The lowest BCUT2D eigenvalue weighted by molar-refractivity contribution is 0.102. The number of nitrogens with one attached hydrogen (secondary N) is 1. The molecule has 0 saturated heterocycles. The first-order chi connectivity index (χ1) is 14.2. The maximum absolute atomic E-state index is 12.9. The van der Waals surface area contributed by atoms with Gasteiger partial charge in [0, 0.05) is 41.5 Å². The molecule has 0 atom stereocenters. The number of rotatable bonds is 5. The fourth-order valence-corrected chi connectivity index (χ4v) is 3.36. The Morgan fingerprint density at radius 1 is 1.28 bits per heavy atom. The van der Waals surface area contributed by atoms with Gasteiger partial charge in [-0.3, -0.25) is 4.79 Å². The van der Waals surface area contributed by atoms with Gasteiger partial charge in [0.1, 0.15) is 17.9 Å². The van der Waals surface area contributed by atoms with E-state index in [1.807, 2.05) is 36.5 Å². The molecule has 1 amide bonds. The third-order valence-electron chi connectivity index (χ3n) is 4.97. The van der Waals surface area contributed by atoms with Crippen molar-refractivity contribution in [2.45, 2.75) is 25.3 Å². The molecule has 0 spiro atoms. The second-order valence-corrected chi connectivity index (χ2v) is 7.02. The molecule has 29 heavy (non-hydrogen) atoms. The van der Waals surface area contributed by atoms with Crippen LogP contribution in [-0.4, -0.2) is 30.1 Å². The number of carbonyl (C=O) groups is 1. The molecular weight excluding hydrogens is 366 g/mol. The van der Waals surface area contributed by atoms with Crippen LogP contribution in [-0.2, 0) is 6.54 Å². The molecule has 1 N–H and O–H groups in total. The minimum Gasteiger partial charge on any atom is -0.322 e. The highest BCUT2D eigenvalue weighted by Crippen LogP contribution is 2.39. The Morgan fingerprint density at radius 2 is 2.17 bits per heavy atom. The van der Waals surface area contributed by atoms with Gasteiger partial charge in [0.25, 0.3) is 5.91 Å². The minimum absolute atomic E-state index is 0.212. The van der Waals surface area contributed by atoms with Crippen LogP contribution in [0.1, 0.15) is 34.8 Å². The highest BCUT2D eigenvalue weighted by molar-refractivity contribution is 6.08. The molecule has 1 aliphatic rings. The molecule has 0 aliphatic heterocycles. The molecule has 1 aliphatic carbocycles. The molecule has 1 fully saturated rings. The number of benzene rings is 1. The standard InChI is InChI=1S/C21H17N7O/c22-7-10-27-11-8-23-19(27)15-2-1-3-16(12-15)25-21(29)17-13-24-28-9-6-18(14-4-5-14)26-20(17)28/h1-3,6,8-9,11-14H,4-5,10H2,(H,25,29). The molecule has 0 radical (unpaired) electrons. The zero-order valence-corrected chi connectivity index (χ0v) is 15.5. The Balaban J connectivity index is 1.43. The SMILES string of the molecule is N#CCn1ccnc1-c1cccc(NC(=O)c2cnn3ccc(C4CC4)nc23)c1. The van der Waals surface area contributed by atoms with E-state index >= 15 is 0 Å². The minimum atomic E-state index is -0.266. The highest BCUT2D eigenvalue weighted by Gasteiger charge is 2.26. The molecule has 4 aromatic rings. The van der Waals surface area contributed by atoms with Crippen molar-refractivity contribution in [1.29, 1.82) is 5.26 Å². The Hall–Kier alpha value is -3.99. The van der Waals surface area contributed by atoms with Crippen molar-refractivity contribution in [2.75, 3.05) is 5.32 Å².